The highest BCUT2D eigenvalue weighted by Gasteiger charge is 2.43. The van der Waals surface area contributed by atoms with Crippen LogP contribution in [0.2, 0.25) is 0 Å². The SMILES string of the molecule is COc1cc(OC)cc(-c2c3c(nn2C)[C@H]2CCC[C@@H](C3)N2C(=O)c2ccc3nc(C)oc3c2)c1. The summed E-state index contributed by atoms with van der Waals surface area (Å²) in [6.45, 7) is 1.81. The van der Waals surface area contributed by atoms with Crippen LogP contribution in [0.5, 0.6) is 11.5 Å². The Morgan fingerprint density at radius 2 is 1.86 bits per heavy atom. The third kappa shape index (κ3) is 3.47. The smallest absolute Gasteiger partial charge is 0.254 e. The third-order valence-electron chi connectivity index (χ3n) is 7.28. The Morgan fingerprint density at radius 3 is 2.60 bits per heavy atom. The van der Waals surface area contributed by atoms with E-state index in [-0.39, 0.29) is 18.0 Å². The molecule has 0 aliphatic carbocycles. The summed E-state index contributed by atoms with van der Waals surface area (Å²) < 4.78 is 18.6. The molecule has 180 valence electrons. The number of amides is 1. The first-order chi connectivity index (χ1) is 17.0. The van der Waals surface area contributed by atoms with Gasteiger partial charge in [0.2, 0.25) is 0 Å². The zero-order valence-corrected chi connectivity index (χ0v) is 20.4. The van der Waals surface area contributed by atoms with E-state index in [1.54, 1.807) is 14.2 Å². The summed E-state index contributed by atoms with van der Waals surface area (Å²) in [6, 6.07) is 11.5. The van der Waals surface area contributed by atoms with Crippen LogP contribution in [0.15, 0.2) is 40.8 Å². The van der Waals surface area contributed by atoms with Gasteiger partial charge in [0.05, 0.1) is 31.6 Å². The van der Waals surface area contributed by atoms with Crippen molar-refractivity contribution in [2.24, 2.45) is 7.05 Å². The minimum absolute atomic E-state index is 0.0246. The molecule has 1 fully saturated rings. The third-order valence-corrected chi connectivity index (χ3v) is 7.28. The molecule has 0 unspecified atom stereocenters. The lowest BCUT2D eigenvalue weighted by Gasteiger charge is -2.45. The molecule has 1 amide bonds. The molecule has 4 aromatic rings. The topological polar surface area (TPSA) is 82.6 Å². The van der Waals surface area contributed by atoms with Gasteiger partial charge in [0.1, 0.15) is 17.0 Å². The number of oxazole rings is 1. The Balaban J connectivity index is 1.41. The van der Waals surface area contributed by atoms with Crippen LogP contribution in [0.1, 0.15) is 52.8 Å². The molecule has 0 N–H and O–H groups in total. The Bertz CT molecular complexity index is 1430. The molecule has 6 rings (SSSR count). The second-order valence-electron chi connectivity index (χ2n) is 9.37. The van der Waals surface area contributed by atoms with E-state index in [0.717, 1.165) is 59.7 Å². The van der Waals surface area contributed by atoms with Crippen molar-refractivity contribution < 1.29 is 18.7 Å². The monoisotopic (exact) mass is 472 g/mol. The van der Waals surface area contributed by atoms with E-state index in [1.807, 2.05) is 55.1 Å². The van der Waals surface area contributed by atoms with E-state index in [2.05, 4.69) is 9.88 Å². The number of nitrogens with zero attached hydrogens (tertiary/aromatic N) is 4. The normalized spacial score (nSPS) is 19.0. The quantitative estimate of drug-likeness (QED) is 0.422. The lowest BCUT2D eigenvalue weighted by atomic mass is 9.81. The number of aromatic nitrogens is 3. The van der Waals surface area contributed by atoms with Crippen molar-refractivity contribution in [3.05, 3.63) is 59.1 Å². The average Bonchev–Trinajstić information content (AvgIpc) is 3.40. The number of rotatable bonds is 4. The predicted octanol–water partition coefficient (Wildman–Crippen LogP) is 4.85. The highest BCUT2D eigenvalue weighted by molar-refractivity contribution is 5.97. The van der Waals surface area contributed by atoms with Crippen molar-refractivity contribution in [2.45, 2.75) is 44.7 Å². The summed E-state index contributed by atoms with van der Waals surface area (Å²) >= 11 is 0. The van der Waals surface area contributed by atoms with Crippen LogP contribution in [-0.2, 0) is 13.5 Å². The Labute approximate surface area is 203 Å². The number of benzene rings is 2. The summed E-state index contributed by atoms with van der Waals surface area (Å²) in [5.41, 5.74) is 6.29. The van der Waals surface area contributed by atoms with Crippen molar-refractivity contribution in [2.75, 3.05) is 14.2 Å². The second kappa shape index (κ2) is 8.15. The van der Waals surface area contributed by atoms with Crippen molar-refractivity contribution in [1.29, 1.82) is 0 Å². The molecule has 0 spiro atoms. The van der Waals surface area contributed by atoms with Gasteiger partial charge in [-0.05, 0) is 56.0 Å². The number of carbonyl (C=O) groups is 1. The number of carbonyl (C=O) groups excluding carboxylic acids is 1. The minimum atomic E-state index is -0.0513. The number of piperidine rings is 1. The van der Waals surface area contributed by atoms with Crippen LogP contribution in [0, 0.1) is 6.92 Å². The van der Waals surface area contributed by atoms with E-state index < -0.39 is 0 Å². The number of methoxy groups -OCH3 is 2. The van der Waals surface area contributed by atoms with Gasteiger partial charge >= 0.3 is 0 Å². The molecule has 0 radical (unpaired) electrons. The van der Waals surface area contributed by atoms with E-state index in [4.69, 9.17) is 19.0 Å². The maximum absolute atomic E-state index is 13.8. The molecular weight excluding hydrogens is 444 g/mol. The van der Waals surface area contributed by atoms with Gasteiger partial charge < -0.3 is 18.8 Å². The summed E-state index contributed by atoms with van der Waals surface area (Å²) in [7, 11) is 5.28. The van der Waals surface area contributed by atoms with E-state index in [9.17, 15) is 4.79 Å². The highest BCUT2D eigenvalue weighted by Crippen LogP contribution is 2.45. The largest absolute Gasteiger partial charge is 0.497 e. The van der Waals surface area contributed by atoms with Gasteiger partial charge in [-0.1, -0.05) is 0 Å². The summed E-state index contributed by atoms with van der Waals surface area (Å²) in [6.07, 6.45) is 3.72. The Kier molecular flexibility index (Phi) is 5.05. The number of fused-ring (bicyclic) bond motifs is 5. The van der Waals surface area contributed by atoms with E-state index in [0.29, 0.717) is 17.0 Å². The van der Waals surface area contributed by atoms with Crippen LogP contribution in [-0.4, -0.2) is 45.8 Å². The molecule has 2 bridgehead atoms. The first-order valence-electron chi connectivity index (χ1n) is 12.0. The molecule has 1 saturated heterocycles. The second-order valence-corrected chi connectivity index (χ2v) is 9.37. The molecule has 4 heterocycles. The molecular formula is C27H28N4O4. The van der Waals surface area contributed by atoms with Gasteiger partial charge in [0.25, 0.3) is 5.91 Å². The lowest BCUT2D eigenvalue weighted by Crippen LogP contribution is -2.49. The van der Waals surface area contributed by atoms with Gasteiger partial charge in [-0.25, -0.2) is 4.98 Å². The zero-order chi connectivity index (χ0) is 24.3. The summed E-state index contributed by atoms with van der Waals surface area (Å²) in [4.78, 5) is 20.2. The zero-order valence-electron chi connectivity index (χ0n) is 20.4. The van der Waals surface area contributed by atoms with Gasteiger partial charge in [0, 0.05) is 42.8 Å². The molecule has 8 heteroatoms. The molecule has 2 aliphatic heterocycles. The molecule has 8 nitrogen and oxygen atoms in total. The number of ether oxygens (including phenoxy) is 2. The van der Waals surface area contributed by atoms with Crippen LogP contribution in [0.25, 0.3) is 22.4 Å². The summed E-state index contributed by atoms with van der Waals surface area (Å²) in [5.74, 6) is 2.09. The fourth-order valence-corrected chi connectivity index (χ4v) is 5.78. The minimum Gasteiger partial charge on any atom is -0.497 e. The van der Waals surface area contributed by atoms with E-state index in [1.165, 1.54) is 5.56 Å². The Morgan fingerprint density at radius 1 is 1.09 bits per heavy atom. The lowest BCUT2D eigenvalue weighted by molar-refractivity contribution is 0.0392. The summed E-state index contributed by atoms with van der Waals surface area (Å²) in [5, 5.41) is 4.95. The number of aryl methyl sites for hydroxylation is 2. The van der Waals surface area contributed by atoms with Gasteiger partial charge in [-0.3, -0.25) is 9.48 Å². The maximum atomic E-state index is 13.8. The first-order valence-corrected chi connectivity index (χ1v) is 12.0. The molecule has 35 heavy (non-hydrogen) atoms. The highest BCUT2D eigenvalue weighted by atomic mass is 16.5. The fraction of sp³-hybridized carbons (Fsp3) is 0.370. The molecule has 0 saturated carbocycles. The van der Waals surface area contributed by atoms with Crippen molar-refractivity contribution in [3.63, 3.8) is 0 Å². The molecule has 2 aromatic heterocycles. The van der Waals surface area contributed by atoms with Gasteiger partial charge in [-0.15, -0.1) is 0 Å². The van der Waals surface area contributed by atoms with Crippen molar-refractivity contribution >= 4 is 17.0 Å². The van der Waals surface area contributed by atoms with E-state index >= 15 is 0 Å². The number of hydrogen-bond donors (Lipinski definition) is 0. The number of hydrogen-bond acceptors (Lipinski definition) is 6. The molecule has 2 atom stereocenters. The molecule has 2 aromatic carbocycles. The van der Waals surface area contributed by atoms with Gasteiger partial charge in [0.15, 0.2) is 11.5 Å². The fourth-order valence-electron chi connectivity index (χ4n) is 5.78. The van der Waals surface area contributed by atoms with Gasteiger partial charge in [-0.2, -0.15) is 5.10 Å². The van der Waals surface area contributed by atoms with Crippen molar-refractivity contribution in [1.82, 2.24) is 19.7 Å². The maximum Gasteiger partial charge on any atom is 0.254 e. The van der Waals surface area contributed by atoms with Crippen LogP contribution >= 0.6 is 0 Å². The predicted molar refractivity (Wildman–Crippen MR) is 131 cm³/mol. The van der Waals surface area contributed by atoms with Crippen LogP contribution < -0.4 is 9.47 Å². The standard InChI is InChI=1S/C27H28N4O4/c1-15-28-22-9-8-16(12-24(22)35-15)27(32)31-18-6-5-7-23(31)25-21(13-18)26(30(2)29-25)17-10-19(33-3)14-20(11-17)34-4/h8-12,14,18,23H,5-7,13H2,1-4H3/t18-,23+/m0/s1. The Hall–Kier alpha value is -3.81. The molecule has 2 aliphatic rings. The average molecular weight is 473 g/mol. The van der Waals surface area contributed by atoms with Crippen LogP contribution in [0.3, 0.4) is 0 Å². The van der Waals surface area contributed by atoms with Crippen molar-refractivity contribution in [3.8, 4) is 22.8 Å². The first kappa shape index (κ1) is 21.7. The van der Waals surface area contributed by atoms with Crippen LogP contribution in [0.4, 0.5) is 0 Å².